The quantitative estimate of drug-likeness (QED) is 0.585. The molecule has 0 aromatic heterocycles. The van der Waals surface area contributed by atoms with E-state index in [-0.39, 0.29) is 30.4 Å². The number of alkyl carbamates (subject to hydrolysis) is 1. The second-order valence-corrected chi connectivity index (χ2v) is 10.7. The van der Waals surface area contributed by atoms with Crippen LogP contribution in [-0.4, -0.2) is 54.3 Å². The fourth-order valence-corrected chi connectivity index (χ4v) is 4.76. The van der Waals surface area contributed by atoms with Crippen molar-refractivity contribution in [3.8, 4) is 0 Å². The van der Waals surface area contributed by atoms with Crippen molar-refractivity contribution in [2.75, 3.05) is 19.6 Å². The first kappa shape index (κ1) is 26.8. The van der Waals surface area contributed by atoms with Crippen LogP contribution in [0.2, 0.25) is 0 Å². The van der Waals surface area contributed by atoms with Crippen molar-refractivity contribution in [1.29, 1.82) is 0 Å². The lowest BCUT2D eigenvalue weighted by Crippen LogP contribution is -2.52. The highest BCUT2D eigenvalue weighted by atomic mass is 16.6. The summed E-state index contributed by atoms with van der Waals surface area (Å²) in [4.78, 5) is 39.7. The molecule has 0 spiro atoms. The molecule has 1 atom stereocenters. The van der Waals surface area contributed by atoms with Crippen LogP contribution in [-0.2, 0) is 20.9 Å². The van der Waals surface area contributed by atoms with Crippen molar-refractivity contribution in [2.45, 2.75) is 84.0 Å². The monoisotopic (exact) mass is 487 g/mol. The second-order valence-electron chi connectivity index (χ2n) is 10.7. The maximum absolute atomic E-state index is 13.2. The standard InChI is InChI=1S/C27H41N3O5/c1-27(2,3)35-26(33)30-16-14-20(15-17-30)18-28-24(31)23(22-12-8-5-9-13-22)29-25(32)34-19-21-10-6-4-7-11-21/h4,6-7,10-11,20,22-23H,5,8-9,12-19H2,1-3H3,(H,28,31)(H,29,32)/t23-/m0/s1. The molecule has 35 heavy (non-hydrogen) atoms. The lowest BCUT2D eigenvalue weighted by atomic mass is 9.83. The first-order valence-electron chi connectivity index (χ1n) is 12.9. The molecule has 1 aliphatic carbocycles. The van der Waals surface area contributed by atoms with Crippen LogP contribution < -0.4 is 10.6 Å². The molecule has 1 heterocycles. The van der Waals surface area contributed by atoms with Crippen LogP contribution in [0.4, 0.5) is 9.59 Å². The number of carbonyl (C=O) groups is 3. The molecule has 0 radical (unpaired) electrons. The molecular weight excluding hydrogens is 446 g/mol. The minimum Gasteiger partial charge on any atom is -0.445 e. The number of carbonyl (C=O) groups excluding carboxylic acids is 3. The van der Waals surface area contributed by atoms with E-state index in [0.717, 1.165) is 44.1 Å². The molecule has 1 aliphatic heterocycles. The Labute approximate surface area is 209 Å². The molecule has 194 valence electrons. The van der Waals surface area contributed by atoms with E-state index in [1.807, 2.05) is 51.1 Å². The van der Waals surface area contributed by atoms with E-state index in [1.165, 1.54) is 6.42 Å². The highest BCUT2D eigenvalue weighted by Crippen LogP contribution is 2.27. The summed E-state index contributed by atoms with van der Waals surface area (Å²) >= 11 is 0. The van der Waals surface area contributed by atoms with E-state index < -0.39 is 17.7 Å². The van der Waals surface area contributed by atoms with Gasteiger partial charge in [-0.2, -0.15) is 0 Å². The van der Waals surface area contributed by atoms with Crippen LogP contribution in [0.15, 0.2) is 30.3 Å². The molecule has 1 saturated carbocycles. The summed E-state index contributed by atoms with van der Waals surface area (Å²) in [6, 6.07) is 8.90. The van der Waals surface area contributed by atoms with Crippen LogP contribution in [0.5, 0.6) is 0 Å². The highest BCUT2D eigenvalue weighted by molar-refractivity contribution is 5.86. The molecule has 2 aliphatic rings. The minimum atomic E-state index is -0.597. The van der Waals surface area contributed by atoms with Crippen LogP contribution in [0.3, 0.4) is 0 Å². The van der Waals surface area contributed by atoms with Gasteiger partial charge in [-0.05, 0) is 63.9 Å². The van der Waals surface area contributed by atoms with Crippen molar-refractivity contribution in [1.82, 2.24) is 15.5 Å². The average Bonchev–Trinajstić information content (AvgIpc) is 2.85. The zero-order chi connectivity index (χ0) is 25.3. The summed E-state index contributed by atoms with van der Waals surface area (Å²) in [7, 11) is 0. The Balaban J connectivity index is 1.47. The SMILES string of the molecule is CC(C)(C)OC(=O)N1CCC(CNC(=O)[C@@H](NC(=O)OCc2ccccc2)C2CCCCC2)CC1. The van der Waals surface area contributed by atoms with Crippen LogP contribution in [0.1, 0.15) is 71.3 Å². The molecule has 2 fully saturated rings. The number of likely N-dealkylation sites (tertiary alicyclic amines) is 1. The highest BCUT2D eigenvalue weighted by Gasteiger charge is 2.32. The summed E-state index contributed by atoms with van der Waals surface area (Å²) in [5.41, 5.74) is 0.393. The number of piperidine rings is 1. The zero-order valence-corrected chi connectivity index (χ0v) is 21.4. The van der Waals surface area contributed by atoms with E-state index in [1.54, 1.807) is 4.90 Å². The Morgan fingerprint density at radius 3 is 2.29 bits per heavy atom. The molecule has 8 heteroatoms. The Morgan fingerprint density at radius 2 is 1.66 bits per heavy atom. The molecule has 1 aromatic rings. The third-order valence-corrected chi connectivity index (χ3v) is 6.72. The van der Waals surface area contributed by atoms with Crippen LogP contribution in [0, 0.1) is 11.8 Å². The maximum Gasteiger partial charge on any atom is 0.410 e. The lowest BCUT2D eigenvalue weighted by molar-refractivity contribution is -0.125. The number of ether oxygens (including phenoxy) is 2. The second kappa shape index (κ2) is 12.8. The summed E-state index contributed by atoms with van der Waals surface area (Å²) in [6.45, 7) is 7.52. The molecule has 2 N–H and O–H groups in total. The molecule has 1 saturated heterocycles. The molecule has 1 aromatic carbocycles. The number of rotatable bonds is 7. The summed E-state index contributed by atoms with van der Waals surface area (Å²) in [6.07, 6.45) is 5.91. The molecule has 8 nitrogen and oxygen atoms in total. The largest absolute Gasteiger partial charge is 0.445 e. The summed E-state index contributed by atoms with van der Waals surface area (Å²) in [5, 5.41) is 5.91. The average molecular weight is 488 g/mol. The normalized spacial score (nSPS) is 18.4. The third kappa shape index (κ3) is 9.07. The fraction of sp³-hybridized carbons (Fsp3) is 0.667. The van der Waals surface area contributed by atoms with Gasteiger partial charge in [0.25, 0.3) is 0 Å². The topological polar surface area (TPSA) is 97.0 Å². The van der Waals surface area contributed by atoms with E-state index in [4.69, 9.17) is 9.47 Å². The Bertz CT molecular complexity index is 825. The summed E-state index contributed by atoms with van der Waals surface area (Å²) in [5.74, 6) is 0.250. The van der Waals surface area contributed by atoms with Gasteiger partial charge in [-0.25, -0.2) is 9.59 Å². The third-order valence-electron chi connectivity index (χ3n) is 6.72. The number of nitrogens with zero attached hydrogens (tertiary/aromatic N) is 1. The first-order valence-corrected chi connectivity index (χ1v) is 12.9. The van der Waals surface area contributed by atoms with Gasteiger partial charge in [0.05, 0.1) is 0 Å². The van der Waals surface area contributed by atoms with Gasteiger partial charge in [-0.3, -0.25) is 4.79 Å². The van der Waals surface area contributed by atoms with Gasteiger partial charge in [0, 0.05) is 19.6 Å². The Kier molecular flexibility index (Phi) is 9.81. The number of amides is 3. The Hall–Kier alpha value is -2.77. The van der Waals surface area contributed by atoms with Gasteiger partial charge >= 0.3 is 12.2 Å². The van der Waals surface area contributed by atoms with E-state index in [0.29, 0.717) is 19.6 Å². The van der Waals surface area contributed by atoms with Gasteiger partial charge < -0.3 is 25.0 Å². The smallest absolute Gasteiger partial charge is 0.410 e. The number of benzene rings is 1. The Morgan fingerprint density at radius 1 is 1.00 bits per heavy atom. The molecule has 0 unspecified atom stereocenters. The first-order chi connectivity index (χ1) is 16.7. The summed E-state index contributed by atoms with van der Waals surface area (Å²) < 4.78 is 10.8. The van der Waals surface area contributed by atoms with Gasteiger partial charge in [-0.1, -0.05) is 49.6 Å². The zero-order valence-electron chi connectivity index (χ0n) is 21.4. The van der Waals surface area contributed by atoms with E-state index in [2.05, 4.69) is 10.6 Å². The molecule has 3 amide bonds. The fourth-order valence-electron chi connectivity index (χ4n) is 4.76. The van der Waals surface area contributed by atoms with Crippen molar-refractivity contribution >= 4 is 18.1 Å². The van der Waals surface area contributed by atoms with Crippen molar-refractivity contribution in [2.24, 2.45) is 11.8 Å². The number of nitrogens with one attached hydrogen (secondary N) is 2. The van der Waals surface area contributed by atoms with Gasteiger partial charge in [-0.15, -0.1) is 0 Å². The van der Waals surface area contributed by atoms with Gasteiger partial charge in [0.15, 0.2) is 0 Å². The maximum atomic E-state index is 13.2. The van der Waals surface area contributed by atoms with Crippen molar-refractivity contribution in [3.63, 3.8) is 0 Å². The predicted molar refractivity (Wildman–Crippen MR) is 134 cm³/mol. The number of hydrogen-bond acceptors (Lipinski definition) is 5. The molecule has 3 rings (SSSR count). The molecule has 0 bridgehead atoms. The predicted octanol–water partition coefficient (Wildman–Crippen LogP) is 4.63. The van der Waals surface area contributed by atoms with Crippen molar-refractivity contribution in [3.05, 3.63) is 35.9 Å². The molecular formula is C27H41N3O5. The minimum absolute atomic E-state index is 0.113. The van der Waals surface area contributed by atoms with Crippen molar-refractivity contribution < 1.29 is 23.9 Å². The van der Waals surface area contributed by atoms with Crippen LogP contribution in [0.25, 0.3) is 0 Å². The lowest BCUT2D eigenvalue weighted by Gasteiger charge is -2.34. The van der Waals surface area contributed by atoms with E-state index in [9.17, 15) is 14.4 Å². The number of hydrogen-bond donors (Lipinski definition) is 2. The van der Waals surface area contributed by atoms with E-state index >= 15 is 0 Å². The van der Waals surface area contributed by atoms with Gasteiger partial charge in [0.2, 0.25) is 5.91 Å². The van der Waals surface area contributed by atoms with Gasteiger partial charge in [0.1, 0.15) is 18.2 Å². The van der Waals surface area contributed by atoms with Crippen LogP contribution >= 0.6 is 0 Å².